The highest BCUT2D eigenvalue weighted by Gasteiger charge is 2.51. The van der Waals surface area contributed by atoms with Crippen molar-refractivity contribution in [2.24, 2.45) is 0 Å². The zero-order valence-electron chi connectivity index (χ0n) is 10.3. The maximum absolute atomic E-state index is 12.4. The van der Waals surface area contributed by atoms with E-state index in [4.69, 9.17) is 0 Å². The number of rotatable bonds is 3. The molecule has 1 amide bonds. The number of anilines is 1. The summed E-state index contributed by atoms with van der Waals surface area (Å²) in [6.07, 6.45) is 3.46. The summed E-state index contributed by atoms with van der Waals surface area (Å²) in [6, 6.07) is 13.5. The van der Waals surface area contributed by atoms with E-state index >= 15 is 0 Å². The molecule has 1 aromatic heterocycles. The summed E-state index contributed by atoms with van der Waals surface area (Å²) in [5.41, 5.74) is 0.691. The van der Waals surface area contributed by atoms with Crippen molar-refractivity contribution in [2.45, 2.75) is 18.3 Å². The van der Waals surface area contributed by atoms with Crippen LogP contribution in [0, 0.1) is 0 Å². The molecule has 96 valence electrons. The van der Waals surface area contributed by atoms with Gasteiger partial charge in [-0.2, -0.15) is 0 Å². The molecule has 3 nitrogen and oxygen atoms in total. The molecule has 1 saturated carbocycles. The van der Waals surface area contributed by atoms with Crippen LogP contribution < -0.4 is 5.32 Å². The molecule has 0 unspecified atom stereocenters. The Balaban J connectivity index is 1.83. The second-order valence-corrected chi connectivity index (χ2v) is 5.68. The van der Waals surface area contributed by atoms with Crippen molar-refractivity contribution in [3.05, 3.63) is 58.7 Å². The van der Waals surface area contributed by atoms with Gasteiger partial charge in [-0.3, -0.25) is 4.79 Å². The van der Waals surface area contributed by atoms with E-state index < -0.39 is 0 Å². The minimum Gasteiger partial charge on any atom is -0.310 e. The Morgan fingerprint density at radius 2 is 2.05 bits per heavy atom. The summed E-state index contributed by atoms with van der Waals surface area (Å²) < 4.78 is 1.00. The van der Waals surface area contributed by atoms with Gasteiger partial charge in [-0.15, -0.1) is 0 Å². The molecule has 1 aliphatic rings. The van der Waals surface area contributed by atoms with E-state index in [1.165, 1.54) is 0 Å². The number of nitrogens with one attached hydrogen (secondary N) is 1. The molecule has 0 saturated heterocycles. The summed E-state index contributed by atoms with van der Waals surface area (Å²) in [7, 11) is 0. The number of amides is 1. The fraction of sp³-hybridized carbons (Fsp3) is 0.200. The van der Waals surface area contributed by atoms with Gasteiger partial charge in [-0.05, 0) is 42.7 Å². The van der Waals surface area contributed by atoms with Gasteiger partial charge in [0.15, 0.2) is 0 Å². The van der Waals surface area contributed by atoms with Gasteiger partial charge in [0.2, 0.25) is 5.91 Å². The predicted octanol–water partition coefficient (Wildman–Crippen LogP) is 3.51. The highest BCUT2D eigenvalue weighted by atomic mass is 79.9. The Morgan fingerprint density at radius 3 is 2.68 bits per heavy atom. The quantitative estimate of drug-likeness (QED) is 0.941. The SMILES string of the molecule is O=C(Nc1ccccn1)C1(c2cccc(Br)c2)CC1. The number of nitrogens with zero attached hydrogens (tertiary/aromatic N) is 1. The minimum atomic E-state index is -0.374. The fourth-order valence-corrected chi connectivity index (χ4v) is 2.63. The molecule has 4 heteroatoms. The third-order valence-electron chi connectivity index (χ3n) is 3.47. The van der Waals surface area contributed by atoms with Crippen LogP contribution in [0.3, 0.4) is 0 Å². The maximum atomic E-state index is 12.4. The topological polar surface area (TPSA) is 42.0 Å². The van der Waals surface area contributed by atoms with Crippen LogP contribution in [0.1, 0.15) is 18.4 Å². The molecular formula is C15H13BrN2O. The van der Waals surface area contributed by atoms with E-state index in [2.05, 4.69) is 26.2 Å². The average molecular weight is 317 g/mol. The van der Waals surface area contributed by atoms with Gasteiger partial charge < -0.3 is 5.32 Å². The van der Waals surface area contributed by atoms with Crippen LogP contribution in [-0.2, 0) is 10.2 Å². The first-order chi connectivity index (χ1) is 9.21. The smallest absolute Gasteiger partial charge is 0.236 e. The lowest BCUT2D eigenvalue weighted by molar-refractivity contribution is -0.118. The van der Waals surface area contributed by atoms with Gasteiger partial charge in [-0.1, -0.05) is 34.1 Å². The van der Waals surface area contributed by atoms with Crippen molar-refractivity contribution in [3.63, 3.8) is 0 Å². The predicted molar refractivity (Wildman–Crippen MR) is 77.9 cm³/mol. The van der Waals surface area contributed by atoms with Gasteiger partial charge >= 0.3 is 0 Å². The number of hydrogen-bond donors (Lipinski definition) is 1. The van der Waals surface area contributed by atoms with Gasteiger partial charge in [0, 0.05) is 10.7 Å². The van der Waals surface area contributed by atoms with Crippen LogP contribution in [0.25, 0.3) is 0 Å². The molecule has 3 rings (SSSR count). The molecule has 0 spiro atoms. The van der Waals surface area contributed by atoms with Crippen molar-refractivity contribution < 1.29 is 4.79 Å². The van der Waals surface area contributed by atoms with Crippen LogP contribution >= 0.6 is 15.9 Å². The van der Waals surface area contributed by atoms with Crippen molar-refractivity contribution >= 4 is 27.7 Å². The lowest BCUT2D eigenvalue weighted by Gasteiger charge is -2.15. The van der Waals surface area contributed by atoms with Gasteiger partial charge in [0.25, 0.3) is 0 Å². The van der Waals surface area contributed by atoms with Crippen molar-refractivity contribution in [3.8, 4) is 0 Å². The second kappa shape index (κ2) is 4.78. The Hall–Kier alpha value is -1.68. The Morgan fingerprint density at radius 1 is 1.21 bits per heavy atom. The second-order valence-electron chi connectivity index (χ2n) is 4.76. The lowest BCUT2D eigenvalue weighted by Crippen LogP contribution is -2.28. The lowest BCUT2D eigenvalue weighted by atomic mass is 9.95. The number of carbonyl (C=O) groups excluding carboxylic acids is 1. The number of halogens is 1. The average Bonchev–Trinajstić information content (AvgIpc) is 3.21. The molecule has 1 N–H and O–H groups in total. The summed E-state index contributed by atoms with van der Waals surface area (Å²) in [5.74, 6) is 0.637. The van der Waals surface area contributed by atoms with Crippen molar-refractivity contribution in [2.75, 3.05) is 5.32 Å². The van der Waals surface area contributed by atoms with E-state index in [1.807, 2.05) is 36.4 Å². The number of hydrogen-bond acceptors (Lipinski definition) is 2. The monoisotopic (exact) mass is 316 g/mol. The van der Waals surface area contributed by atoms with Gasteiger partial charge in [0.05, 0.1) is 5.41 Å². The van der Waals surface area contributed by atoms with E-state index in [0.29, 0.717) is 5.82 Å². The summed E-state index contributed by atoms with van der Waals surface area (Å²) in [4.78, 5) is 16.6. The molecule has 1 heterocycles. The highest BCUT2D eigenvalue weighted by molar-refractivity contribution is 9.10. The highest BCUT2D eigenvalue weighted by Crippen LogP contribution is 2.49. The van der Waals surface area contributed by atoms with E-state index in [9.17, 15) is 4.79 Å². The Bertz CT molecular complexity index is 609. The Kier molecular flexibility index (Phi) is 3.11. The normalized spacial score (nSPS) is 15.8. The third kappa shape index (κ3) is 2.40. The van der Waals surface area contributed by atoms with Crippen LogP contribution in [0.4, 0.5) is 5.82 Å². The van der Waals surface area contributed by atoms with Crippen LogP contribution in [-0.4, -0.2) is 10.9 Å². The molecule has 1 fully saturated rings. The number of aromatic nitrogens is 1. The fourth-order valence-electron chi connectivity index (χ4n) is 2.23. The molecule has 1 aliphatic carbocycles. The molecule has 0 radical (unpaired) electrons. The summed E-state index contributed by atoms with van der Waals surface area (Å²) >= 11 is 3.45. The van der Waals surface area contributed by atoms with Gasteiger partial charge in [0.1, 0.15) is 5.82 Å². The molecule has 2 aromatic rings. The number of benzene rings is 1. The molecule has 0 atom stereocenters. The largest absolute Gasteiger partial charge is 0.310 e. The molecule has 0 bridgehead atoms. The van der Waals surface area contributed by atoms with Crippen LogP contribution in [0.2, 0.25) is 0 Å². The van der Waals surface area contributed by atoms with Crippen molar-refractivity contribution in [1.82, 2.24) is 4.98 Å². The molecule has 0 aliphatic heterocycles. The first-order valence-electron chi connectivity index (χ1n) is 6.19. The van der Waals surface area contributed by atoms with Crippen LogP contribution in [0.15, 0.2) is 53.1 Å². The summed E-state index contributed by atoms with van der Waals surface area (Å²) in [5, 5.41) is 2.90. The number of pyridine rings is 1. The zero-order valence-corrected chi connectivity index (χ0v) is 11.9. The first kappa shape index (κ1) is 12.4. The zero-order chi connectivity index (χ0) is 13.3. The molecular weight excluding hydrogens is 304 g/mol. The maximum Gasteiger partial charge on any atom is 0.236 e. The number of carbonyl (C=O) groups is 1. The first-order valence-corrected chi connectivity index (χ1v) is 6.99. The third-order valence-corrected chi connectivity index (χ3v) is 3.96. The van der Waals surface area contributed by atoms with E-state index in [0.717, 1.165) is 22.9 Å². The van der Waals surface area contributed by atoms with Crippen LogP contribution in [0.5, 0.6) is 0 Å². The van der Waals surface area contributed by atoms with Gasteiger partial charge in [-0.25, -0.2) is 4.98 Å². The molecule has 1 aromatic carbocycles. The Labute approximate surface area is 120 Å². The van der Waals surface area contributed by atoms with Crippen molar-refractivity contribution in [1.29, 1.82) is 0 Å². The molecule has 19 heavy (non-hydrogen) atoms. The summed E-state index contributed by atoms with van der Waals surface area (Å²) in [6.45, 7) is 0. The standard InChI is InChI=1S/C15H13BrN2O/c16-12-5-3-4-11(10-12)15(7-8-15)14(19)18-13-6-1-2-9-17-13/h1-6,9-10H,7-8H2,(H,17,18,19). The minimum absolute atomic E-state index is 0.0318. The van der Waals surface area contributed by atoms with E-state index in [1.54, 1.807) is 12.3 Å². The van der Waals surface area contributed by atoms with E-state index in [-0.39, 0.29) is 11.3 Å².